The van der Waals surface area contributed by atoms with E-state index in [4.69, 9.17) is 4.52 Å². The lowest BCUT2D eigenvalue weighted by Gasteiger charge is -2.25. The normalized spacial score (nSPS) is 16.4. The lowest BCUT2D eigenvalue weighted by Crippen LogP contribution is -2.35. The van der Waals surface area contributed by atoms with Crippen LogP contribution in [0.4, 0.5) is 0 Å². The van der Waals surface area contributed by atoms with Crippen LogP contribution in [-0.2, 0) is 15.8 Å². The number of nitrogens with zero attached hydrogens (tertiary/aromatic N) is 3. The molecule has 0 spiro atoms. The van der Waals surface area contributed by atoms with Gasteiger partial charge in [-0.05, 0) is 38.8 Å². The predicted molar refractivity (Wildman–Crippen MR) is 92.4 cm³/mol. The molecule has 0 radical (unpaired) electrons. The number of rotatable bonds is 5. The van der Waals surface area contributed by atoms with Gasteiger partial charge in [0.15, 0.2) is 0 Å². The predicted octanol–water partition coefficient (Wildman–Crippen LogP) is 3.15. The fourth-order valence-electron chi connectivity index (χ4n) is 2.71. The van der Waals surface area contributed by atoms with E-state index in [1.165, 1.54) is 6.20 Å². The van der Waals surface area contributed by atoms with E-state index < -0.39 is 10.0 Å². The van der Waals surface area contributed by atoms with Crippen molar-refractivity contribution >= 4 is 21.8 Å². The van der Waals surface area contributed by atoms with Gasteiger partial charge in [0, 0.05) is 30.6 Å². The van der Waals surface area contributed by atoms with E-state index in [2.05, 4.69) is 10.1 Å². The standard InChI is InChI=1S/C16H21N3O3S2/c1-12-15(13(2)22-18-12)11-23-16-7-6-14(10-17-16)24(20,21)19-8-4-3-5-9-19/h6-7,10H,3-5,8-9,11H2,1-2H3. The Morgan fingerprint density at radius 1 is 1.21 bits per heavy atom. The third-order valence-electron chi connectivity index (χ3n) is 4.21. The van der Waals surface area contributed by atoms with Crippen molar-refractivity contribution in [3.8, 4) is 0 Å². The molecule has 3 rings (SSSR count). The summed E-state index contributed by atoms with van der Waals surface area (Å²) >= 11 is 1.54. The van der Waals surface area contributed by atoms with Gasteiger partial charge < -0.3 is 4.52 Å². The average Bonchev–Trinajstić information content (AvgIpc) is 2.92. The molecule has 0 N–H and O–H groups in total. The highest BCUT2D eigenvalue weighted by molar-refractivity contribution is 7.98. The fourth-order valence-corrected chi connectivity index (χ4v) is 5.17. The van der Waals surface area contributed by atoms with E-state index in [-0.39, 0.29) is 4.90 Å². The molecule has 0 aliphatic carbocycles. The molecule has 1 aliphatic heterocycles. The Morgan fingerprint density at radius 3 is 2.54 bits per heavy atom. The number of hydrogen-bond acceptors (Lipinski definition) is 6. The minimum absolute atomic E-state index is 0.270. The summed E-state index contributed by atoms with van der Waals surface area (Å²) in [7, 11) is -3.41. The van der Waals surface area contributed by atoms with Gasteiger partial charge in [-0.1, -0.05) is 11.6 Å². The van der Waals surface area contributed by atoms with Gasteiger partial charge in [-0.15, -0.1) is 11.8 Å². The first-order valence-electron chi connectivity index (χ1n) is 7.99. The maximum Gasteiger partial charge on any atom is 0.244 e. The minimum atomic E-state index is -3.41. The lowest BCUT2D eigenvalue weighted by atomic mass is 10.2. The first-order valence-corrected chi connectivity index (χ1v) is 10.4. The van der Waals surface area contributed by atoms with Crippen molar-refractivity contribution in [1.82, 2.24) is 14.4 Å². The van der Waals surface area contributed by atoms with Crippen LogP contribution in [-0.4, -0.2) is 36.0 Å². The number of pyridine rings is 1. The molecular weight excluding hydrogens is 346 g/mol. The molecule has 1 saturated heterocycles. The second-order valence-electron chi connectivity index (χ2n) is 5.89. The summed E-state index contributed by atoms with van der Waals surface area (Å²) in [6.07, 6.45) is 4.41. The molecule has 0 aromatic carbocycles. The molecule has 0 saturated carbocycles. The van der Waals surface area contributed by atoms with Crippen molar-refractivity contribution in [1.29, 1.82) is 0 Å². The number of hydrogen-bond donors (Lipinski definition) is 0. The van der Waals surface area contributed by atoms with E-state index in [1.54, 1.807) is 28.2 Å². The lowest BCUT2D eigenvalue weighted by molar-refractivity contribution is 0.346. The molecule has 130 valence electrons. The molecule has 0 bridgehead atoms. The van der Waals surface area contributed by atoms with Crippen LogP contribution in [0.5, 0.6) is 0 Å². The molecule has 2 aromatic rings. The molecule has 0 amide bonds. The Kier molecular flexibility index (Phi) is 5.27. The third-order valence-corrected chi connectivity index (χ3v) is 7.06. The summed E-state index contributed by atoms with van der Waals surface area (Å²) in [4.78, 5) is 4.57. The highest BCUT2D eigenvalue weighted by atomic mass is 32.2. The van der Waals surface area contributed by atoms with Crippen LogP contribution in [0.2, 0.25) is 0 Å². The van der Waals surface area contributed by atoms with Crippen LogP contribution >= 0.6 is 11.8 Å². The number of aromatic nitrogens is 2. The van der Waals surface area contributed by atoms with Crippen molar-refractivity contribution in [2.45, 2.75) is 48.8 Å². The van der Waals surface area contributed by atoms with Gasteiger partial charge in [0.25, 0.3) is 0 Å². The molecule has 2 aromatic heterocycles. The molecule has 24 heavy (non-hydrogen) atoms. The van der Waals surface area contributed by atoms with Crippen molar-refractivity contribution in [3.05, 3.63) is 35.3 Å². The van der Waals surface area contributed by atoms with E-state index in [0.29, 0.717) is 18.8 Å². The Morgan fingerprint density at radius 2 is 1.96 bits per heavy atom. The topological polar surface area (TPSA) is 76.3 Å². The zero-order valence-corrected chi connectivity index (χ0v) is 15.5. The maximum atomic E-state index is 12.6. The minimum Gasteiger partial charge on any atom is -0.361 e. The first-order chi connectivity index (χ1) is 11.5. The van der Waals surface area contributed by atoms with Gasteiger partial charge in [0.1, 0.15) is 10.7 Å². The summed E-state index contributed by atoms with van der Waals surface area (Å²) in [5.74, 6) is 1.51. The number of sulfonamides is 1. The van der Waals surface area contributed by atoms with Crippen molar-refractivity contribution < 1.29 is 12.9 Å². The summed E-state index contributed by atoms with van der Waals surface area (Å²) in [6, 6.07) is 3.41. The molecule has 6 nitrogen and oxygen atoms in total. The van der Waals surface area contributed by atoms with Crippen LogP contribution < -0.4 is 0 Å². The van der Waals surface area contributed by atoms with Crippen LogP contribution in [0.25, 0.3) is 0 Å². The van der Waals surface area contributed by atoms with Gasteiger partial charge in [0.05, 0.1) is 10.7 Å². The summed E-state index contributed by atoms with van der Waals surface area (Å²) in [5, 5.41) is 4.72. The van der Waals surface area contributed by atoms with Crippen molar-refractivity contribution in [2.75, 3.05) is 13.1 Å². The molecular formula is C16H21N3O3S2. The van der Waals surface area contributed by atoms with E-state index >= 15 is 0 Å². The molecule has 8 heteroatoms. The van der Waals surface area contributed by atoms with Crippen LogP contribution in [0.1, 0.15) is 36.3 Å². The van der Waals surface area contributed by atoms with E-state index in [1.807, 2.05) is 13.8 Å². The summed E-state index contributed by atoms with van der Waals surface area (Å²) < 4.78 is 31.9. The molecule has 0 unspecified atom stereocenters. The molecule has 3 heterocycles. The second-order valence-corrected chi connectivity index (χ2v) is 8.82. The Labute approximate surface area is 146 Å². The van der Waals surface area contributed by atoms with Gasteiger partial charge in [-0.3, -0.25) is 0 Å². The number of aryl methyl sites for hydroxylation is 2. The molecule has 0 atom stereocenters. The fraction of sp³-hybridized carbons (Fsp3) is 0.500. The largest absolute Gasteiger partial charge is 0.361 e. The SMILES string of the molecule is Cc1noc(C)c1CSc1ccc(S(=O)(=O)N2CCCCC2)cn1. The zero-order chi connectivity index (χ0) is 17.2. The third kappa shape index (κ3) is 3.65. The Balaban J connectivity index is 1.69. The summed E-state index contributed by atoms with van der Waals surface area (Å²) in [5.41, 5.74) is 1.94. The monoisotopic (exact) mass is 367 g/mol. The highest BCUT2D eigenvalue weighted by Gasteiger charge is 2.26. The van der Waals surface area contributed by atoms with Crippen molar-refractivity contribution in [2.24, 2.45) is 0 Å². The van der Waals surface area contributed by atoms with E-state index in [9.17, 15) is 8.42 Å². The smallest absolute Gasteiger partial charge is 0.244 e. The quantitative estimate of drug-likeness (QED) is 0.756. The van der Waals surface area contributed by atoms with Gasteiger partial charge in [-0.25, -0.2) is 13.4 Å². The van der Waals surface area contributed by atoms with Crippen LogP contribution in [0.3, 0.4) is 0 Å². The zero-order valence-electron chi connectivity index (χ0n) is 13.9. The van der Waals surface area contributed by atoms with Gasteiger partial charge in [0.2, 0.25) is 10.0 Å². The van der Waals surface area contributed by atoms with Crippen LogP contribution in [0.15, 0.2) is 32.8 Å². The number of thioether (sulfide) groups is 1. The van der Waals surface area contributed by atoms with E-state index in [0.717, 1.165) is 41.3 Å². The summed E-state index contributed by atoms with van der Waals surface area (Å²) in [6.45, 7) is 5.00. The second kappa shape index (κ2) is 7.25. The highest BCUT2D eigenvalue weighted by Crippen LogP contribution is 2.26. The number of piperidine rings is 1. The first kappa shape index (κ1) is 17.4. The Hall–Kier alpha value is -1.38. The van der Waals surface area contributed by atoms with Gasteiger partial charge >= 0.3 is 0 Å². The Bertz CT molecular complexity index is 775. The molecule has 1 fully saturated rings. The maximum absolute atomic E-state index is 12.6. The van der Waals surface area contributed by atoms with Crippen LogP contribution in [0, 0.1) is 13.8 Å². The average molecular weight is 367 g/mol. The van der Waals surface area contributed by atoms with Gasteiger partial charge in [-0.2, -0.15) is 4.31 Å². The van der Waals surface area contributed by atoms with Crippen molar-refractivity contribution in [3.63, 3.8) is 0 Å². The molecule has 1 aliphatic rings.